The molecule has 0 amide bonds. The second-order valence-corrected chi connectivity index (χ2v) is 7.59. The average Bonchev–Trinajstić information content (AvgIpc) is 3.04. The topological polar surface area (TPSA) is 29.9 Å². The van der Waals surface area contributed by atoms with Crippen molar-refractivity contribution in [3.8, 4) is 0 Å². The lowest BCUT2D eigenvalue weighted by Crippen LogP contribution is -2.34. The molecule has 2 heterocycles. The molecular weight excluding hydrogens is 278 g/mol. The van der Waals surface area contributed by atoms with Crippen LogP contribution in [0.3, 0.4) is 0 Å². The summed E-state index contributed by atoms with van der Waals surface area (Å²) in [6.45, 7) is 8.34. The average molecular weight is 299 g/mol. The van der Waals surface area contributed by atoms with Gasteiger partial charge in [0.15, 0.2) is 0 Å². The maximum Gasteiger partial charge on any atom is 0.0759 e. The molecule has 0 aliphatic rings. The molecular formula is C17H21N3S. The van der Waals surface area contributed by atoms with Gasteiger partial charge in [-0.25, -0.2) is 0 Å². The van der Waals surface area contributed by atoms with E-state index in [1.54, 1.807) is 0 Å². The number of thiophene rings is 1. The third-order valence-corrected chi connectivity index (χ3v) is 4.44. The van der Waals surface area contributed by atoms with E-state index in [4.69, 9.17) is 0 Å². The standard InChI is InChI=1S/C17H21N3S/c1-17(2,3)18-11-14-8-9-15(21-14)12-20-16-7-5-4-6-13(16)10-19-20/h4-10,18H,11-12H2,1-3H3. The predicted molar refractivity (Wildman–Crippen MR) is 89.7 cm³/mol. The second kappa shape index (κ2) is 5.62. The molecule has 110 valence electrons. The van der Waals surface area contributed by atoms with Crippen molar-refractivity contribution < 1.29 is 0 Å². The Morgan fingerprint density at radius 3 is 2.67 bits per heavy atom. The number of nitrogens with one attached hydrogen (secondary N) is 1. The SMILES string of the molecule is CC(C)(C)NCc1ccc(Cn2ncc3ccccc32)s1. The molecule has 0 radical (unpaired) electrons. The van der Waals surface area contributed by atoms with Gasteiger partial charge < -0.3 is 5.32 Å². The number of para-hydroxylation sites is 1. The van der Waals surface area contributed by atoms with Gasteiger partial charge in [0.25, 0.3) is 0 Å². The predicted octanol–water partition coefficient (Wildman–Crippen LogP) is 4.03. The van der Waals surface area contributed by atoms with E-state index in [0.29, 0.717) is 0 Å². The van der Waals surface area contributed by atoms with Crippen molar-refractivity contribution in [2.75, 3.05) is 0 Å². The zero-order chi connectivity index (χ0) is 14.9. The highest BCUT2D eigenvalue weighted by Gasteiger charge is 2.10. The first-order valence-electron chi connectivity index (χ1n) is 7.24. The number of hydrogen-bond donors (Lipinski definition) is 1. The third-order valence-electron chi connectivity index (χ3n) is 3.37. The summed E-state index contributed by atoms with van der Waals surface area (Å²) in [5.41, 5.74) is 1.35. The molecule has 3 aromatic rings. The molecule has 1 aromatic carbocycles. The zero-order valence-electron chi connectivity index (χ0n) is 12.8. The Bertz CT molecular complexity index is 734. The number of rotatable bonds is 4. The van der Waals surface area contributed by atoms with Crippen molar-refractivity contribution in [1.82, 2.24) is 15.1 Å². The molecule has 0 aliphatic heterocycles. The van der Waals surface area contributed by atoms with Crippen LogP contribution in [0.1, 0.15) is 30.5 Å². The molecule has 0 unspecified atom stereocenters. The van der Waals surface area contributed by atoms with Crippen LogP contribution in [0, 0.1) is 0 Å². The van der Waals surface area contributed by atoms with E-state index in [2.05, 4.69) is 72.3 Å². The van der Waals surface area contributed by atoms with Gasteiger partial charge in [-0.1, -0.05) is 18.2 Å². The van der Waals surface area contributed by atoms with Crippen LogP contribution in [-0.2, 0) is 13.1 Å². The summed E-state index contributed by atoms with van der Waals surface area (Å²) < 4.78 is 2.07. The van der Waals surface area contributed by atoms with Crippen LogP contribution in [0.5, 0.6) is 0 Å². The number of aromatic nitrogens is 2. The maximum atomic E-state index is 4.49. The number of benzene rings is 1. The van der Waals surface area contributed by atoms with Gasteiger partial charge in [-0.15, -0.1) is 11.3 Å². The Kier molecular flexibility index (Phi) is 3.83. The fourth-order valence-corrected chi connectivity index (χ4v) is 3.19. The first-order valence-corrected chi connectivity index (χ1v) is 8.06. The van der Waals surface area contributed by atoms with Crippen molar-refractivity contribution >= 4 is 22.2 Å². The molecule has 0 bridgehead atoms. The molecule has 0 saturated carbocycles. The molecule has 1 N–H and O–H groups in total. The Morgan fingerprint density at radius 2 is 1.86 bits per heavy atom. The van der Waals surface area contributed by atoms with Crippen LogP contribution in [0.25, 0.3) is 10.9 Å². The minimum absolute atomic E-state index is 0.155. The summed E-state index contributed by atoms with van der Waals surface area (Å²) in [4.78, 5) is 2.71. The van der Waals surface area contributed by atoms with Crippen LogP contribution in [0.15, 0.2) is 42.6 Å². The summed E-state index contributed by atoms with van der Waals surface area (Å²) >= 11 is 1.86. The van der Waals surface area contributed by atoms with Crippen LogP contribution >= 0.6 is 11.3 Å². The van der Waals surface area contributed by atoms with Gasteiger partial charge in [-0.2, -0.15) is 5.10 Å². The maximum absolute atomic E-state index is 4.49. The van der Waals surface area contributed by atoms with Crippen LogP contribution in [-0.4, -0.2) is 15.3 Å². The molecule has 0 fully saturated rings. The smallest absolute Gasteiger partial charge is 0.0759 e. The van der Waals surface area contributed by atoms with Crippen LogP contribution in [0.4, 0.5) is 0 Å². The minimum atomic E-state index is 0.155. The lowest BCUT2D eigenvalue weighted by molar-refractivity contribution is 0.426. The van der Waals surface area contributed by atoms with Gasteiger partial charge in [-0.05, 0) is 39.0 Å². The number of hydrogen-bond acceptors (Lipinski definition) is 3. The van der Waals surface area contributed by atoms with Crippen LogP contribution < -0.4 is 5.32 Å². The van der Waals surface area contributed by atoms with Crippen molar-refractivity contribution in [3.63, 3.8) is 0 Å². The van der Waals surface area contributed by atoms with E-state index in [1.165, 1.54) is 20.7 Å². The molecule has 3 nitrogen and oxygen atoms in total. The van der Waals surface area contributed by atoms with E-state index in [1.807, 2.05) is 17.5 Å². The van der Waals surface area contributed by atoms with Crippen molar-refractivity contribution in [1.29, 1.82) is 0 Å². The van der Waals surface area contributed by atoms with Crippen molar-refractivity contribution in [3.05, 3.63) is 52.3 Å². The van der Waals surface area contributed by atoms with E-state index in [0.717, 1.165) is 13.1 Å². The fourth-order valence-electron chi connectivity index (χ4n) is 2.25. The molecule has 4 heteroatoms. The van der Waals surface area contributed by atoms with Crippen LogP contribution in [0.2, 0.25) is 0 Å². The normalized spacial score (nSPS) is 12.1. The van der Waals surface area contributed by atoms with Gasteiger partial charge in [0, 0.05) is 27.2 Å². The Morgan fingerprint density at radius 1 is 1.10 bits per heavy atom. The van der Waals surface area contributed by atoms with Gasteiger partial charge in [0.1, 0.15) is 0 Å². The van der Waals surface area contributed by atoms with Crippen molar-refractivity contribution in [2.24, 2.45) is 0 Å². The molecule has 0 spiro atoms. The van der Waals surface area contributed by atoms with Gasteiger partial charge >= 0.3 is 0 Å². The lowest BCUT2D eigenvalue weighted by Gasteiger charge is -2.19. The zero-order valence-corrected chi connectivity index (χ0v) is 13.6. The molecule has 3 rings (SSSR count). The highest BCUT2D eigenvalue weighted by molar-refractivity contribution is 7.11. The Hall–Kier alpha value is -1.65. The first-order chi connectivity index (χ1) is 10.0. The lowest BCUT2D eigenvalue weighted by atomic mass is 10.1. The van der Waals surface area contributed by atoms with Gasteiger partial charge in [-0.3, -0.25) is 4.68 Å². The molecule has 0 saturated heterocycles. The van der Waals surface area contributed by atoms with E-state index >= 15 is 0 Å². The summed E-state index contributed by atoms with van der Waals surface area (Å²) in [5, 5.41) is 9.22. The third kappa shape index (κ3) is 3.52. The quantitative estimate of drug-likeness (QED) is 0.788. The van der Waals surface area contributed by atoms with Gasteiger partial charge in [0.2, 0.25) is 0 Å². The van der Waals surface area contributed by atoms with E-state index in [-0.39, 0.29) is 5.54 Å². The fraction of sp³-hybridized carbons (Fsp3) is 0.353. The number of nitrogens with zero attached hydrogens (tertiary/aromatic N) is 2. The summed E-state index contributed by atoms with van der Waals surface area (Å²) in [7, 11) is 0. The first kappa shape index (κ1) is 14.3. The monoisotopic (exact) mass is 299 g/mol. The summed E-state index contributed by atoms with van der Waals surface area (Å²) in [6.07, 6.45) is 1.94. The summed E-state index contributed by atoms with van der Waals surface area (Å²) in [5.74, 6) is 0. The second-order valence-electron chi connectivity index (χ2n) is 6.33. The molecule has 2 aromatic heterocycles. The highest BCUT2D eigenvalue weighted by atomic mass is 32.1. The Balaban J connectivity index is 1.72. The Labute approximate surface area is 129 Å². The van der Waals surface area contributed by atoms with E-state index < -0.39 is 0 Å². The number of fused-ring (bicyclic) bond motifs is 1. The van der Waals surface area contributed by atoms with Gasteiger partial charge in [0.05, 0.1) is 18.3 Å². The minimum Gasteiger partial charge on any atom is -0.307 e. The molecule has 21 heavy (non-hydrogen) atoms. The summed E-state index contributed by atoms with van der Waals surface area (Å²) in [6, 6.07) is 12.8. The highest BCUT2D eigenvalue weighted by Crippen LogP contribution is 2.20. The molecule has 0 atom stereocenters. The largest absolute Gasteiger partial charge is 0.307 e. The van der Waals surface area contributed by atoms with E-state index in [9.17, 15) is 0 Å². The molecule has 0 aliphatic carbocycles. The van der Waals surface area contributed by atoms with Crippen molar-refractivity contribution in [2.45, 2.75) is 39.4 Å².